The summed E-state index contributed by atoms with van der Waals surface area (Å²) in [6, 6.07) is -3.94. The molecule has 0 aromatic carbocycles. The predicted molar refractivity (Wildman–Crippen MR) is 86.6 cm³/mol. The van der Waals surface area contributed by atoms with Crippen molar-refractivity contribution in [2.24, 2.45) is 23.1 Å². The minimum atomic E-state index is -1.60. The van der Waals surface area contributed by atoms with Crippen LogP contribution in [0, 0.1) is 5.92 Å². The number of hydrogen-bond donors (Lipinski definition) is 6. The van der Waals surface area contributed by atoms with Gasteiger partial charge in [0.1, 0.15) is 12.1 Å². The molecule has 4 amide bonds. The summed E-state index contributed by atoms with van der Waals surface area (Å²) in [5, 5.41) is 13.3. The summed E-state index contributed by atoms with van der Waals surface area (Å²) in [4.78, 5) is 57.3. The highest BCUT2D eigenvalue weighted by molar-refractivity contribution is 5.95. The van der Waals surface area contributed by atoms with Gasteiger partial charge in [-0.15, -0.1) is 0 Å². The van der Waals surface area contributed by atoms with Crippen LogP contribution in [0.1, 0.15) is 33.1 Å². The molecule has 0 aliphatic carbocycles. The van der Waals surface area contributed by atoms with Crippen LogP contribution < -0.4 is 27.8 Å². The standard InChI is InChI=1S/C14H25N5O6/c1-3-6(2)11(17)13(23)18-7(4-9(15)20)12(22)19-8(14(24)25)5-10(16)21/h6-8,11H,3-5,17H2,1-2H3,(H2,15,20)(H2,16,21)(H,18,23)(H,19,22)(H,24,25). The molecule has 0 aromatic rings. The Morgan fingerprint density at radius 3 is 1.76 bits per heavy atom. The van der Waals surface area contributed by atoms with Crippen molar-refractivity contribution in [2.45, 2.75) is 51.2 Å². The number of carboxylic acid groups (broad SMARTS) is 1. The Kier molecular flexibility index (Phi) is 9.13. The van der Waals surface area contributed by atoms with Crippen molar-refractivity contribution in [2.75, 3.05) is 0 Å². The summed E-state index contributed by atoms with van der Waals surface area (Å²) in [6.45, 7) is 3.56. The molecule has 4 atom stereocenters. The lowest BCUT2D eigenvalue weighted by Crippen LogP contribution is -2.56. The molecule has 0 radical (unpaired) electrons. The molecule has 11 heteroatoms. The number of nitrogens with one attached hydrogen (secondary N) is 2. The predicted octanol–water partition coefficient (Wildman–Crippen LogP) is -2.84. The van der Waals surface area contributed by atoms with Gasteiger partial charge in [0, 0.05) is 0 Å². The Bertz CT molecular complexity index is 538. The molecule has 4 unspecified atom stereocenters. The second-order valence-corrected chi connectivity index (χ2v) is 5.71. The molecule has 0 aliphatic heterocycles. The third-order valence-electron chi connectivity index (χ3n) is 3.62. The lowest BCUT2D eigenvalue weighted by molar-refractivity contribution is -0.143. The molecule has 0 aromatic heterocycles. The number of rotatable bonds is 11. The van der Waals surface area contributed by atoms with Gasteiger partial charge in [-0.2, -0.15) is 0 Å². The fourth-order valence-corrected chi connectivity index (χ4v) is 1.86. The van der Waals surface area contributed by atoms with Crippen LogP contribution in [0.25, 0.3) is 0 Å². The number of carbonyl (C=O) groups is 5. The topological polar surface area (TPSA) is 208 Å². The highest BCUT2D eigenvalue weighted by Crippen LogP contribution is 2.06. The van der Waals surface area contributed by atoms with Gasteiger partial charge in [0.15, 0.2) is 0 Å². The average Bonchev–Trinajstić information content (AvgIpc) is 2.50. The lowest BCUT2D eigenvalue weighted by atomic mass is 9.99. The lowest BCUT2D eigenvalue weighted by Gasteiger charge is -2.23. The van der Waals surface area contributed by atoms with Crippen LogP contribution in [-0.4, -0.2) is 52.8 Å². The van der Waals surface area contributed by atoms with Gasteiger partial charge in [0.2, 0.25) is 23.6 Å². The summed E-state index contributed by atoms with van der Waals surface area (Å²) < 4.78 is 0. The van der Waals surface area contributed by atoms with Crippen LogP contribution in [0.2, 0.25) is 0 Å². The molecule has 142 valence electrons. The number of amides is 4. The summed E-state index contributed by atoms with van der Waals surface area (Å²) in [5.41, 5.74) is 15.7. The summed E-state index contributed by atoms with van der Waals surface area (Å²) in [6.07, 6.45) is -0.598. The summed E-state index contributed by atoms with van der Waals surface area (Å²) in [5.74, 6) is -5.18. The van der Waals surface area contributed by atoms with Gasteiger partial charge >= 0.3 is 5.97 Å². The highest BCUT2D eigenvalue weighted by Gasteiger charge is 2.30. The smallest absolute Gasteiger partial charge is 0.326 e. The minimum absolute atomic E-state index is 0.182. The molecule has 0 heterocycles. The van der Waals surface area contributed by atoms with E-state index in [4.69, 9.17) is 22.3 Å². The Balaban J connectivity index is 5.14. The first-order chi connectivity index (χ1) is 11.5. The van der Waals surface area contributed by atoms with E-state index in [9.17, 15) is 24.0 Å². The van der Waals surface area contributed by atoms with Crippen LogP contribution in [0.3, 0.4) is 0 Å². The van der Waals surface area contributed by atoms with Gasteiger partial charge in [0.25, 0.3) is 0 Å². The first-order valence-electron chi connectivity index (χ1n) is 7.65. The first kappa shape index (κ1) is 22.3. The fraction of sp³-hybridized carbons (Fsp3) is 0.643. The number of hydrogen-bond acceptors (Lipinski definition) is 6. The zero-order valence-electron chi connectivity index (χ0n) is 14.2. The fourth-order valence-electron chi connectivity index (χ4n) is 1.86. The van der Waals surface area contributed by atoms with Crippen LogP contribution in [0.5, 0.6) is 0 Å². The van der Waals surface area contributed by atoms with Gasteiger partial charge in [-0.3, -0.25) is 19.2 Å². The van der Waals surface area contributed by atoms with Crippen LogP contribution in [0.4, 0.5) is 0 Å². The highest BCUT2D eigenvalue weighted by atomic mass is 16.4. The van der Waals surface area contributed by atoms with Crippen LogP contribution in [-0.2, 0) is 24.0 Å². The van der Waals surface area contributed by atoms with Gasteiger partial charge < -0.3 is 32.9 Å². The third kappa shape index (κ3) is 8.11. The molecule has 9 N–H and O–H groups in total. The molecule has 0 bridgehead atoms. The zero-order chi connectivity index (χ0) is 19.7. The molecule has 0 rings (SSSR count). The Morgan fingerprint density at radius 2 is 1.36 bits per heavy atom. The third-order valence-corrected chi connectivity index (χ3v) is 3.62. The summed E-state index contributed by atoms with van der Waals surface area (Å²) >= 11 is 0. The maximum absolute atomic E-state index is 12.2. The molecule has 0 saturated carbocycles. The van der Waals surface area contributed by atoms with Gasteiger partial charge in [0.05, 0.1) is 18.9 Å². The molecule has 0 saturated heterocycles. The van der Waals surface area contributed by atoms with Crippen molar-refractivity contribution < 1.29 is 29.1 Å². The molecular formula is C14H25N5O6. The SMILES string of the molecule is CCC(C)C(N)C(=O)NC(CC(N)=O)C(=O)NC(CC(N)=O)C(=O)O. The number of aliphatic carboxylic acids is 1. The van der Waals surface area contributed by atoms with Crippen molar-refractivity contribution in [3.8, 4) is 0 Å². The quantitative estimate of drug-likeness (QED) is 0.227. The van der Waals surface area contributed by atoms with E-state index in [0.29, 0.717) is 6.42 Å². The van der Waals surface area contributed by atoms with Crippen LogP contribution in [0.15, 0.2) is 0 Å². The molecule has 11 nitrogen and oxygen atoms in total. The molecule has 25 heavy (non-hydrogen) atoms. The van der Waals surface area contributed by atoms with Gasteiger partial charge in [-0.25, -0.2) is 4.79 Å². The zero-order valence-corrected chi connectivity index (χ0v) is 14.2. The normalized spacial score (nSPS) is 15.3. The Labute approximate surface area is 144 Å². The second kappa shape index (κ2) is 10.2. The van der Waals surface area contributed by atoms with E-state index in [0.717, 1.165) is 0 Å². The molecule has 0 aliphatic rings. The average molecular weight is 359 g/mol. The second-order valence-electron chi connectivity index (χ2n) is 5.71. The summed E-state index contributed by atoms with van der Waals surface area (Å²) in [7, 11) is 0. The van der Waals surface area contributed by atoms with Crippen molar-refractivity contribution in [3.05, 3.63) is 0 Å². The maximum Gasteiger partial charge on any atom is 0.326 e. The molecule has 0 fully saturated rings. The first-order valence-corrected chi connectivity index (χ1v) is 7.65. The van der Waals surface area contributed by atoms with E-state index in [-0.39, 0.29) is 5.92 Å². The number of carboxylic acids is 1. The van der Waals surface area contributed by atoms with E-state index < -0.39 is 60.6 Å². The van der Waals surface area contributed by atoms with Gasteiger partial charge in [-0.05, 0) is 5.92 Å². The van der Waals surface area contributed by atoms with Gasteiger partial charge in [-0.1, -0.05) is 20.3 Å². The van der Waals surface area contributed by atoms with Crippen molar-refractivity contribution >= 4 is 29.6 Å². The van der Waals surface area contributed by atoms with E-state index >= 15 is 0 Å². The van der Waals surface area contributed by atoms with E-state index in [1.165, 1.54) is 0 Å². The number of primary amides is 2. The monoisotopic (exact) mass is 359 g/mol. The van der Waals surface area contributed by atoms with Crippen molar-refractivity contribution in [3.63, 3.8) is 0 Å². The van der Waals surface area contributed by atoms with E-state index in [1.807, 2.05) is 12.2 Å². The van der Waals surface area contributed by atoms with Crippen LogP contribution >= 0.6 is 0 Å². The van der Waals surface area contributed by atoms with E-state index in [2.05, 4.69) is 5.32 Å². The number of nitrogens with two attached hydrogens (primary N) is 3. The minimum Gasteiger partial charge on any atom is -0.480 e. The Hall–Kier alpha value is -2.69. The largest absolute Gasteiger partial charge is 0.480 e. The molecular weight excluding hydrogens is 334 g/mol. The van der Waals surface area contributed by atoms with E-state index in [1.54, 1.807) is 6.92 Å². The molecule has 0 spiro atoms. The number of carbonyl (C=O) groups excluding carboxylic acids is 4. The Morgan fingerprint density at radius 1 is 0.920 bits per heavy atom. The van der Waals surface area contributed by atoms with Crippen molar-refractivity contribution in [1.82, 2.24) is 10.6 Å². The maximum atomic E-state index is 12.2. The van der Waals surface area contributed by atoms with Crippen molar-refractivity contribution in [1.29, 1.82) is 0 Å².